The van der Waals surface area contributed by atoms with Crippen LogP contribution < -0.4 is 0 Å². The number of carbonyl (C=O) groups excluding carboxylic acids is 2. The van der Waals surface area contributed by atoms with Gasteiger partial charge in [-0.2, -0.15) is 0 Å². The summed E-state index contributed by atoms with van der Waals surface area (Å²) in [5, 5.41) is 0.538. The van der Waals surface area contributed by atoms with Crippen LogP contribution in [0.5, 0.6) is 0 Å². The normalized spacial score (nSPS) is 22.6. The number of carbonyl (C=O) groups is 2. The molecule has 1 aromatic rings. The fourth-order valence-corrected chi connectivity index (χ4v) is 3.70. The third kappa shape index (κ3) is 3.97. The van der Waals surface area contributed by atoms with Crippen LogP contribution in [0.15, 0.2) is 24.3 Å². The zero-order valence-corrected chi connectivity index (χ0v) is 15.1. The molecule has 2 atom stereocenters. The van der Waals surface area contributed by atoms with Gasteiger partial charge in [-0.3, -0.25) is 9.69 Å². The largest absolute Gasteiger partial charge is 0.468 e. The van der Waals surface area contributed by atoms with Crippen LogP contribution in [0.4, 0.5) is 0 Å². The molecule has 0 spiro atoms. The third-order valence-electron chi connectivity index (χ3n) is 4.82. The molecule has 2 aliphatic heterocycles. The molecule has 2 unspecified atom stereocenters. The van der Waals surface area contributed by atoms with Crippen molar-refractivity contribution in [1.29, 1.82) is 0 Å². The average molecular weight is 367 g/mol. The first-order valence-corrected chi connectivity index (χ1v) is 8.96. The minimum atomic E-state index is -0.557. The number of esters is 1. The maximum Gasteiger partial charge on any atom is 0.327 e. The lowest BCUT2D eigenvalue weighted by molar-refractivity contribution is -0.149. The van der Waals surface area contributed by atoms with Crippen molar-refractivity contribution in [3.63, 3.8) is 0 Å². The van der Waals surface area contributed by atoms with Crippen LogP contribution in [0.3, 0.4) is 0 Å². The first kappa shape index (κ1) is 18.2. The zero-order valence-electron chi connectivity index (χ0n) is 14.3. The number of methoxy groups -OCH3 is 1. The van der Waals surface area contributed by atoms with Crippen molar-refractivity contribution in [2.75, 3.05) is 39.9 Å². The van der Waals surface area contributed by atoms with Gasteiger partial charge in [-0.15, -0.1) is 0 Å². The Morgan fingerprint density at radius 1 is 1.24 bits per heavy atom. The van der Waals surface area contributed by atoms with E-state index in [0.29, 0.717) is 37.8 Å². The Hall–Kier alpha value is -1.63. The summed E-state index contributed by atoms with van der Waals surface area (Å²) in [6, 6.07) is 6.74. The van der Waals surface area contributed by atoms with Gasteiger partial charge in [-0.1, -0.05) is 29.8 Å². The smallest absolute Gasteiger partial charge is 0.327 e. The topological polar surface area (TPSA) is 59.1 Å². The van der Waals surface area contributed by atoms with Crippen LogP contribution in [0.2, 0.25) is 5.02 Å². The van der Waals surface area contributed by atoms with Gasteiger partial charge in [0.1, 0.15) is 12.1 Å². The van der Waals surface area contributed by atoms with Gasteiger partial charge in [0, 0.05) is 37.8 Å². The Kier molecular flexibility index (Phi) is 5.93. The second-order valence-corrected chi connectivity index (χ2v) is 6.72. The quantitative estimate of drug-likeness (QED) is 0.761. The molecule has 1 amide bonds. The van der Waals surface area contributed by atoms with Gasteiger partial charge in [0.2, 0.25) is 0 Å². The van der Waals surface area contributed by atoms with Crippen molar-refractivity contribution in [2.45, 2.75) is 25.0 Å². The van der Waals surface area contributed by atoms with E-state index in [-0.39, 0.29) is 18.0 Å². The number of halogens is 1. The van der Waals surface area contributed by atoms with Crippen molar-refractivity contribution in [1.82, 2.24) is 9.80 Å². The van der Waals surface area contributed by atoms with Crippen molar-refractivity contribution in [2.24, 2.45) is 0 Å². The highest BCUT2D eigenvalue weighted by molar-refractivity contribution is 6.31. The highest BCUT2D eigenvalue weighted by Crippen LogP contribution is 2.29. The number of hydrogen-bond acceptors (Lipinski definition) is 5. The first-order valence-electron chi connectivity index (χ1n) is 8.58. The molecule has 136 valence electrons. The molecule has 2 aliphatic rings. The highest BCUT2D eigenvalue weighted by Gasteiger charge is 2.35. The minimum Gasteiger partial charge on any atom is -0.468 e. The molecule has 0 aliphatic carbocycles. The molecule has 0 bridgehead atoms. The van der Waals surface area contributed by atoms with Crippen molar-refractivity contribution < 1.29 is 19.1 Å². The van der Waals surface area contributed by atoms with Crippen LogP contribution in [-0.4, -0.2) is 67.7 Å². The SMILES string of the molecule is COC(=O)C(c1ccccc1Cl)N1CCN(C(=O)C2CCCO2)CC1. The van der Waals surface area contributed by atoms with Crippen LogP contribution in [0, 0.1) is 0 Å². The molecule has 0 aromatic heterocycles. The number of rotatable bonds is 4. The van der Waals surface area contributed by atoms with Gasteiger partial charge in [0.05, 0.1) is 7.11 Å². The van der Waals surface area contributed by atoms with Gasteiger partial charge in [-0.05, 0) is 24.5 Å². The summed E-state index contributed by atoms with van der Waals surface area (Å²) >= 11 is 6.29. The summed E-state index contributed by atoms with van der Waals surface area (Å²) in [5.41, 5.74) is 0.731. The molecule has 2 heterocycles. The molecule has 6 nitrogen and oxygen atoms in total. The third-order valence-corrected chi connectivity index (χ3v) is 5.16. The molecule has 1 aromatic carbocycles. The average Bonchev–Trinajstić information content (AvgIpc) is 3.18. The number of ether oxygens (including phenoxy) is 2. The second kappa shape index (κ2) is 8.17. The Balaban J connectivity index is 1.69. The van der Waals surface area contributed by atoms with Gasteiger partial charge in [0.15, 0.2) is 0 Å². The predicted molar refractivity (Wildman–Crippen MR) is 93.3 cm³/mol. The molecule has 2 saturated heterocycles. The number of benzene rings is 1. The van der Waals surface area contributed by atoms with Crippen LogP contribution in [0.1, 0.15) is 24.4 Å². The monoisotopic (exact) mass is 366 g/mol. The summed E-state index contributed by atoms with van der Waals surface area (Å²) in [4.78, 5) is 28.7. The molecule has 3 rings (SSSR count). The Bertz CT molecular complexity index is 625. The lowest BCUT2D eigenvalue weighted by Gasteiger charge is -2.39. The summed E-state index contributed by atoms with van der Waals surface area (Å²) in [7, 11) is 1.38. The van der Waals surface area contributed by atoms with Crippen molar-refractivity contribution >= 4 is 23.5 Å². The number of hydrogen-bond donors (Lipinski definition) is 0. The minimum absolute atomic E-state index is 0.0597. The molecule has 7 heteroatoms. The Labute approximate surface area is 152 Å². The molecule has 0 N–H and O–H groups in total. The van der Waals surface area contributed by atoms with Gasteiger partial charge >= 0.3 is 5.97 Å². The van der Waals surface area contributed by atoms with Crippen LogP contribution in [-0.2, 0) is 19.1 Å². The number of amides is 1. The molecular weight excluding hydrogens is 344 g/mol. The van der Waals surface area contributed by atoms with E-state index < -0.39 is 6.04 Å². The molecule has 0 saturated carbocycles. The fourth-order valence-electron chi connectivity index (χ4n) is 3.46. The predicted octanol–water partition coefficient (Wildman–Crippen LogP) is 1.88. The van der Waals surface area contributed by atoms with Crippen LogP contribution in [0.25, 0.3) is 0 Å². The molecule has 2 fully saturated rings. The van der Waals surface area contributed by atoms with E-state index in [0.717, 1.165) is 18.4 Å². The van der Waals surface area contributed by atoms with Gasteiger partial charge < -0.3 is 14.4 Å². The summed E-state index contributed by atoms with van der Waals surface area (Å²) in [5.74, 6) is -0.281. The summed E-state index contributed by atoms with van der Waals surface area (Å²) in [6.45, 7) is 2.97. The lowest BCUT2D eigenvalue weighted by atomic mass is 10.0. The van der Waals surface area contributed by atoms with E-state index >= 15 is 0 Å². The molecule has 25 heavy (non-hydrogen) atoms. The van der Waals surface area contributed by atoms with E-state index in [1.54, 1.807) is 6.07 Å². The van der Waals surface area contributed by atoms with E-state index in [4.69, 9.17) is 21.1 Å². The van der Waals surface area contributed by atoms with E-state index in [1.807, 2.05) is 28.0 Å². The Morgan fingerprint density at radius 2 is 1.96 bits per heavy atom. The van der Waals surface area contributed by atoms with Crippen molar-refractivity contribution in [3.8, 4) is 0 Å². The highest BCUT2D eigenvalue weighted by atomic mass is 35.5. The van der Waals surface area contributed by atoms with Gasteiger partial charge in [-0.25, -0.2) is 4.79 Å². The second-order valence-electron chi connectivity index (χ2n) is 6.31. The Morgan fingerprint density at radius 3 is 2.56 bits per heavy atom. The number of piperazine rings is 1. The van der Waals surface area contributed by atoms with Crippen LogP contribution >= 0.6 is 11.6 Å². The van der Waals surface area contributed by atoms with Gasteiger partial charge in [0.25, 0.3) is 5.91 Å². The molecule has 0 radical (unpaired) electrons. The van der Waals surface area contributed by atoms with Crippen molar-refractivity contribution in [3.05, 3.63) is 34.9 Å². The number of nitrogens with zero attached hydrogens (tertiary/aromatic N) is 2. The fraction of sp³-hybridized carbons (Fsp3) is 0.556. The van der Waals surface area contributed by atoms with E-state index in [2.05, 4.69) is 0 Å². The maximum absolute atomic E-state index is 12.5. The molecular formula is C18H23ClN2O4. The summed E-state index contributed by atoms with van der Waals surface area (Å²) in [6.07, 6.45) is 1.43. The lowest BCUT2D eigenvalue weighted by Crippen LogP contribution is -2.53. The zero-order chi connectivity index (χ0) is 17.8. The van der Waals surface area contributed by atoms with E-state index in [1.165, 1.54) is 7.11 Å². The summed E-state index contributed by atoms with van der Waals surface area (Å²) < 4.78 is 10.5. The first-order chi connectivity index (χ1) is 12.1. The maximum atomic E-state index is 12.5. The standard InChI is InChI=1S/C18H23ClN2O4/c1-24-18(23)16(13-5-2-3-6-14(13)19)20-8-10-21(11-9-20)17(22)15-7-4-12-25-15/h2-3,5-6,15-16H,4,7-12H2,1H3. The van der Waals surface area contributed by atoms with E-state index in [9.17, 15) is 9.59 Å².